The van der Waals surface area contributed by atoms with Gasteiger partial charge in [0.1, 0.15) is 23.2 Å². The highest BCUT2D eigenvalue weighted by molar-refractivity contribution is 5.53. The molecule has 3 N–H and O–H groups in total. The van der Waals surface area contributed by atoms with Crippen LogP contribution in [0.3, 0.4) is 0 Å². The van der Waals surface area contributed by atoms with Crippen LogP contribution in [0.25, 0.3) is 0 Å². The van der Waals surface area contributed by atoms with E-state index in [-0.39, 0.29) is 5.82 Å². The Morgan fingerprint density at radius 3 is 2.55 bits per heavy atom. The number of nitrogens with zero attached hydrogens (tertiary/aromatic N) is 3. The predicted octanol–water partition coefficient (Wildman–Crippen LogP) is 1.86. The molecule has 6 nitrogen and oxygen atoms in total. The van der Waals surface area contributed by atoms with Gasteiger partial charge in [-0.2, -0.15) is 10.2 Å². The zero-order valence-corrected chi connectivity index (χ0v) is 11.3. The summed E-state index contributed by atoms with van der Waals surface area (Å²) in [5, 5.41) is 12.0. The van der Waals surface area contributed by atoms with E-state index in [2.05, 4.69) is 15.3 Å². The van der Waals surface area contributed by atoms with Gasteiger partial charge in [-0.1, -0.05) is 12.1 Å². The fourth-order valence-corrected chi connectivity index (χ4v) is 1.74. The van der Waals surface area contributed by atoms with Crippen LogP contribution in [0.4, 0.5) is 11.8 Å². The molecule has 0 spiro atoms. The number of benzene rings is 1. The van der Waals surface area contributed by atoms with Crippen LogP contribution in [-0.2, 0) is 6.54 Å². The third-order valence-corrected chi connectivity index (χ3v) is 2.84. The van der Waals surface area contributed by atoms with Crippen molar-refractivity contribution < 1.29 is 4.74 Å². The maximum absolute atomic E-state index is 8.91. The number of aryl methyl sites for hydroxylation is 1. The molecular weight excluding hydrogens is 254 g/mol. The van der Waals surface area contributed by atoms with Crippen molar-refractivity contribution in [2.24, 2.45) is 0 Å². The molecule has 0 aliphatic carbocycles. The summed E-state index contributed by atoms with van der Waals surface area (Å²) in [6.45, 7) is 2.30. The SMILES string of the molecule is COc1ccc(CNc2nc(C)c(C#N)c(N)n2)cc1. The van der Waals surface area contributed by atoms with E-state index in [4.69, 9.17) is 15.7 Å². The smallest absolute Gasteiger partial charge is 0.225 e. The molecular formula is C14H15N5O. The van der Waals surface area contributed by atoms with Gasteiger partial charge < -0.3 is 15.8 Å². The molecule has 0 bridgehead atoms. The van der Waals surface area contributed by atoms with E-state index in [1.165, 1.54) is 0 Å². The molecule has 2 rings (SSSR count). The van der Waals surface area contributed by atoms with Crippen molar-refractivity contribution in [2.75, 3.05) is 18.2 Å². The molecule has 0 amide bonds. The lowest BCUT2D eigenvalue weighted by Gasteiger charge is -2.08. The highest BCUT2D eigenvalue weighted by atomic mass is 16.5. The summed E-state index contributed by atoms with van der Waals surface area (Å²) < 4.78 is 5.10. The molecule has 0 atom stereocenters. The topological polar surface area (TPSA) is 96.8 Å². The highest BCUT2D eigenvalue weighted by Gasteiger charge is 2.08. The van der Waals surface area contributed by atoms with E-state index in [1.54, 1.807) is 14.0 Å². The van der Waals surface area contributed by atoms with Gasteiger partial charge in [0.05, 0.1) is 12.8 Å². The van der Waals surface area contributed by atoms with Crippen LogP contribution in [0.5, 0.6) is 5.75 Å². The Bertz CT molecular complexity index is 623. The van der Waals surface area contributed by atoms with Crippen molar-refractivity contribution in [3.05, 3.63) is 41.1 Å². The average molecular weight is 269 g/mol. The van der Waals surface area contributed by atoms with Gasteiger partial charge >= 0.3 is 0 Å². The Kier molecular flexibility index (Phi) is 4.01. The first kappa shape index (κ1) is 13.6. The molecule has 0 fully saturated rings. The third kappa shape index (κ3) is 2.95. The maximum Gasteiger partial charge on any atom is 0.225 e. The van der Waals surface area contributed by atoms with Crippen molar-refractivity contribution in [3.63, 3.8) is 0 Å². The molecule has 0 aliphatic heterocycles. The molecule has 1 aromatic heterocycles. The number of ether oxygens (including phenoxy) is 1. The van der Waals surface area contributed by atoms with Gasteiger partial charge in [0.25, 0.3) is 0 Å². The molecule has 2 aromatic rings. The zero-order valence-electron chi connectivity index (χ0n) is 11.3. The average Bonchev–Trinajstić information content (AvgIpc) is 2.45. The van der Waals surface area contributed by atoms with Gasteiger partial charge in [0, 0.05) is 6.54 Å². The van der Waals surface area contributed by atoms with Crippen LogP contribution >= 0.6 is 0 Å². The number of aromatic nitrogens is 2. The van der Waals surface area contributed by atoms with Crippen molar-refractivity contribution >= 4 is 11.8 Å². The monoisotopic (exact) mass is 269 g/mol. The molecule has 102 valence electrons. The number of hydrogen-bond donors (Lipinski definition) is 2. The summed E-state index contributed by atoms with van der Waals surface area (Å²) >= 11 is 0. The minimum Gasteiger partial charge on any atom is -0.497 e. The van der Waals surface area contributed by atoms with Gasteiger partial charge in [-0.3, -0.25) is 0 Å². The second-order valence-corrected chi connectivity index (χ2v) is 4.21. The second-order valence-electron chi connectivity index (χ2n) is 4.21. The first-order chi connectivity index (χ1) is 9.63. The van der Waals surface area contributed by atoms with Crippen LogP contribution in [-0.4, -0.2) is 17.1 Å². The van der Waals surface area contributed by atoms with E-state index in [9.17, 15) is 0 Å². The molecule has 6 heteroatoms. The van der Waals surface area contributed by atoms with E-state index >= 15 is 0 Å². The minimum absolute atomic E-state index is 0.192. The lowest BCUT2D eigenvalue weighted by atomic mass is 10.2. The second kappa shape index (κ2) is 5.89. The van der Waals surface area contributed by atoms with Crippen LogP contribution in [0.15, 0.2) is 24.3 Å². The lowest BCUT2D eigenvalue weighted by molar-refractivity contribution is 0.414. The Labute approximate surface area is 117 Å². The first-order valence-electron chi connectivity index (χ1n) is 6.05. The molecule has 1 heterocycles. The van der Waals surface area contributed by atoms with E-state index in [1.807, 2.05) is 30.3 Å². The molecule has 0 unspecified atom stereocenters. The summed E-state index contributed by atoms with van der Waals surface area (Å²) in [6.07, 6.45) is 0. The van der Waals surface area contributed by atoms with Crippen molar-refractivity contribution in [1.29, 1.82) is 5.26 Å². The van der Waals surface area contributed by atoms with E-state index < -0.39 is 0 Å². The molecule has 0 radical (unpaired) electrons. The predicted molar refractivity (Wildman–Crippen MR) is 76.2 cm³/mol. The van der Waals surface area contributed by atoms with Crippen LogP contribution < -0.4 is 15.8 Å². The summed E-state index contributed by atoms with van der Waals surface area (Å²) in [6, 6.07) is 9.66. The normalized spacial score (nSPS) is 9.85. The number of nitriles is 1. The Morgan fingerprint density at radius 1 is 1.30 bits per heavy atom. The number of rotatable bonds is 4. The van der Waals surface area contributed by atoms with Gasteiger partial charge in [-0.05, 0) is 24.6 Å². The minimum atomic E-state index is 0.192. The number of hydrogen-bond acceptors (Lipinski definition) is 6. The Morgan fingerprint density at radius 2 is 2.00 bits per heavy atom. The fourth-order valence-electron chi connectivity index (χ4n) is 1.74. The number of nitrogens with two attached hydrogens (primary N) is 1. The Balaban J connectivity index is 2.09. The van der Waals surface area contributed by atoms with Gasteiger partial charge in [0.2, 0.25) is 5.95 Å². The van der Waals surface area contributed by atoms with Gasteiger partial charge in [-0.15, -0.1) is 0 Å². The molecule has 1 aromatic carbocycles. The summed E-state index contributed by atoms with van der Waals surface area (Å²) in [7, 11) is 1.63. The van der Waals surface area contributed by atoms with Gasteiger partial charge in [0.15, 0.2) is 0 Å². The number of nitrogens with one attached hydrogen (secondary N) is 1. The van der Waals surface area contributed by atoms with Gasteiger partial charge in [-0.25, -0.2) is 4.98 Å². The number of nitrogen functional groups attached to an aromatic ring is 1. The van der Waals surface area contributed by atoms with Crippen molar-refractivity contribution in [3.8, 4) is 11.8 Å². The number of methoxy groups -OCH3 is 1. The molecule has 0 saturated heterocycles. The van der Waals surface area contributed by atoms with E-state index in [0.717, 1.165) is 11.3 Å². The summed E-state index contributed by atoms with van der Waals surface area (Å²) in [4.78, 5) is 8.27. The lowest BCUT2D eigenvalue weighted by Crippen LogP contribution is -2.08. The van der Waals surface area contributed by atoms with Crippen LogP contribution in [0, 0.1) is 18.3 Å². The van der Waals surface area contributed by atoms with Crippen molar-refractivity contribution in [1.82, 2.24) is 9.97 Å². The first-order valence-corrected chi connectivity index (χ1v) is 6.05. The van der Waals surface area contributed by atoms with E-state index in [0.29, 0.717) is 23.8 Å². The summed E-state index contributed by atoms with van der Waals surface area (Å²) in [5.74, 6) is 1.41. The maximum atomic E-state index is 8.91. The molecule has 0 saturated carbocycles. The van der Waals surface area contributed by atoms with Crippen LogP contribution in [0.2, 0.25) is 0 Å². The number of anilines is 2. The molecule has 0 aliphatic rings. The fraction of sp³-hybridized carbons (Fsp3) is 0.214. The third-order valence-electron chi connectivity index (χ3n) is 2.84. The standard InChI is InChI=1S/C14H15N5O/c1-9-12(7-15)13(16)19-14(18-9)17-8-10-3-5-11(20-2)6-4-10/h3-6H,8H2,1-2H3,(H3,16,17,18,19). The van der Waals surface area contributed by atoms with Crippen LogP contribution in [0.1, 0.15) is 16.8 Å². The molecule has 20 heavy (non-hydrogen) atoms. The quantitative estimate of drug-likeness (QED) is 0.879. The Hall–Kier alpha value is -2.81. The largest absolute Gasteiger partial charge is 0.497 e. The zero-order chi connectivity index (χ0) is 14.5. The summed E-state index contributed by atoms with van der Waals surface area (Å²) in [5.41, 5.74) is 7.66. The highest BCUT2D eigenvalue weighted by Crippen LogP contribution is 2.15. The van der Waals surface area contributed by atoms with Crippen molar-refractivity contribution in [2.45, 2.75) is 13.5 Å².